The number of benzene rings is 2. The van der Waals surface area contributed by atoms with E-state index in [9.17, 15) is 9.90 Å². The Bertz CT molecular complexity index is 872. The van der Waals surface area contributed by atoms with Gasteiger partial charge in [0.25, 0.3) is 5.91 Å². The average Bonchev–Trinajstić information content (AvgIpc) is 2.75. The third kappa shape index (κ3) is 5.38. The molecule has 1 heterocycles. The second-order valence-electron chi connectivity index (χ2n) is 8.85. The van der Waals surface area contributed by atoms with Gasteiger partial charge in [-0.25, -0.2) is 0 Å². The molecule has 0 aliphatic carbocycles. The highest BCUT2D eigenvalue weighted by atomic mass is 16.5. The first kappa shape index (κ1) is 23.1. The van der Waals surface area contributed by atoms with Crippen LogP contribution in [0.4, 0.5) is 5.69 Å². The molecule has 31 heavy (non-hydrogen) atoms. The lowest BCUT2D eigenvalue weighted by molar-refractivity contribution is 0.0343. The topological polar surface area (TPSA) is 56.3 Å². The van der Waals surface area contributed by atoms with Crippen molar-refractivity contribution in [3.05, 3.63) is 59.7 Å². The number of hydrogen-bond acceptors (Lipinski definition) is 5. The summed E-state index contributed by atoms with van der Waals surface area (Å²) in [6, 6.07) is 15.8. The van der Waals surface area contributed by atoms with Gasteiger partial charge in [-0.1, -0.05) is 43.3 Å². The summed E-state index contributed by atoms with van der Waals surface area (Å²) in [6.45, 7) is 6.03. The number of para-hydroxylation sites is 1. The summed E-state index contributed by atoms with van der Waals surface area (Å²) < 4.78 is 6.59. The number of likely N-dealkylation sites (N-methyl/N-ethyl adjacent to an activating group) is 1. The Kier molecular flexibility index (Phi) is 7.57. The number of carbonyl (C=O) groups is 1. The molecular formula is C25H35N3O3. The second kappa shape index (κ2) is 10.2. The predicted octanol–water partition coefficient (Wildman–Crippen LogP) is 3.10. The van der Waals surface area contributed by atoms with Crippen LogP contribution in [-0.2, 0) is 6.54 Å². The normalized spacial score (nSPS) is 20.0. The molecule has 2 aromatic rings. The molecule has 0 saturated carbocycles. The van der Waals surface area contributed by atoms with Crippen molar-refractivity contribution in [3.63, 3.8) is 0 Å². The Morgan fingerprint density at radius 3 is 2.48 bits per heavy atom. The van der Waals surface area contributed by atoms with Crippen molar-refractivity contribution in [1.82, 2.24) is 9.80 Å². The van der Waals surface area contributed by atoms with Crippen molar-refractivity contribution in [1.29, 1.82) is 0 Å². The van der Waals surface area contributed by atoms with E-state index in [0.29, 0.717) is 17.9 Å². The number of aliphatic hydroxyl groups excluding tert-OH is 1. The van der Waals surface area contributed by atoms with Crippen LogP contribution in [0.2, 0.25) is 0 Å². The Labute approximate surface area is 186 Å². The molecule has 0 radical (unpaired) electrons. The highest BCUT2D eigenvalue weighted by Gasteiger charge is 2.34. The number of fused-ring (bicyclic) bond motifs is 1. The van der Waals surface area contributed by atoms with Crippen LogP contribution in [0.3, 0.4) is 0 Å². The highest BCUT2D eigenvalue weighted by Crippen LogP contribution is 2.36. The number of ether oxygens (including phenoxy) is 1. The third-order valence-electron chi connectivity index (χ3n) is 5.94. The number of nitrogens with zero attached hydrogens (tertiary/aromatic N) is 3. The van der Waals surface area contributed by atoms with E-state index in [1.807, 2.05) is 50.2 Å². The van der Waals surface area contributed by atoms with Gasteiger partial charge in [0.1, 0.15) is 6.10 Å². The van der Waals surface area contributed by atoms with Gasteiger partial charge in [0.05, 0.1) is 23.9 Å². The summed E-state index contributed by atoms with van der Waals surface area (Å²) >= 11 is 0. The van der Waals surface area contributed by atoms with E-state index in [1.165, 1.54) is 5.56 Å². The van der Waals surface area contributed by atoms with Gasteiger partial charge in [0.15, 0.2) is 5.75 Å². The lowest BCUT2D eigenvalue weighted by atomic mass is 9.98. The van der Waals surface area contributed by atoms with E-state index < -0.39 is 0 Å². The number of hydrogen-bond donors (Lipinski definition) is 1. The summed E-state index contributed by atoms with van der Waals surface area (Å²) in [6.07, 6.45) is -0.102. The first-order valence-electron chi connectivity index (χ1n) is 10.9. The van der Waals surface area contributed by atoms with Crippen LogP contribution < -0.4 is 9.64 Å². The molecule has 0 unspecified atom stereocenters. The first-order valence-corrected chi connectivity index (χ1v) is 10.9. The van der Waals surface area contributed by atoms with E-state index >= 15 is 0 Å². The van der Waals surface area contributed by atoms with E-state index in [4.69, 9.17) is 4.74 Å². The van der Waals surface area contributed by atoms with Gasteiger partial charge in [-0.2, -0.15) is 0 Å². The lowest BCUT2D eigenvalue weighted by Gasteiger charge is -2.39. The smallest absolute Gasteiger partial charge is 0.258 e. The van der Waals surface area contributed by atoms with E-state index in [0.717, 1.165) is 18.8 Å². The number of amides is 1. The van der Waals surface area contributed by atoms with Crippen LogP contribution >= 0.6 is 0 Å². The SMILES string of the molecule is C[C@H]1CN([C@@H](C)CO)C(=O)c2cccc(N(C)C)c2O[C@H]1CN(C)Cc1ccccc1. The molecule has 1 N–H and O–H groups in total. The minimum absolute atomic E-state index is 0.0689. The number of rotatable bonds is 7. The number of aliphatic hydroxyl groups is 1. The second-order valence-corrected chi connectivity index (χ2v) is 8.85. The van der Waals surface area contributed by atoms with Crippen molar-refractivity contribution >= 4 is 11.6 Å². The van der Waals surface area contributed by atoms with Gasteiger partial charge in [-0.3, -0.25) is 9.69 Å². The first-order chi connectivity index (χ1) is 14.8. The molecule has 0 aromatic heterocycles. The molecule has 3 rings (SSSR count). The summed E-state index contributed by atoms with van der Waals surface area (Å²) in [4.78, 5) is 19.4. The summed E-state index contributed by atoms with van der Waals surface area (Å²) in [5.74, 6) is 0.625. The van der Waals surface area contributed by atoms with Crippen molar-refractivity contribution in [2.45, 2.75) is 32.5 Å². The zero-order valence-electron chi connectivity index (χ0n) is 19.3. The standard InChI is InChI=1S/C25H35N3O3/c1-18-14-28(19(2)17-29)25(30)21-12-9-13-22(26(3)4)24(21)31-23(18)16-27(5)15-20-10-7-6-8-11-20/h6-13,18-19,23,29H,14-17H2,1-5H3/t18-,19-,23-/m0/s1. The lowest BCUT2D eigenvalue weighted by Crippen LogP contribution is -2.49. The Hall–Kier alpha value is -2.57. The van der Waals surface area contributed by atoms with Crippen LogP contribution in [0.25, 0.3) is 0 Å². The molecule has 0 bridgehead atoms. The molecule has 168 valence electrons. The predicted molar refractivity (Wildman–Crippen MR) is 125 cm³/mol. The van der Waals surface area contributed by atoms with Crippen molar-refractivity contribution in [2.75, 3.05) is 45.7 Å². The van der Waals surface area contributed by atoms with Gasteiger partial charge in [0, 0.05) is 39.6 Å². The zero-order valence-corrected chi connectivity index (χ0v) is 19.3. The van der Waals surface area contributed by atoms with Gasteiger partial charge in [-0.05, 0) is 31.7 Å². The van der Waals surface area contributed by atoms with Crippen LogP contribution in [0.5, 0.6) is 5.75 Å². The Morgan fingerprint density at radius 2 is 1.84 bits per heavy atom. The van der Waals surface area contributed by atoms with Gasteiger partial charge >= 0.3 is 0 Å². The van der Waals surface area contributed by atoms with E-state index in [1.54, 1.807) is 4.90 Å². The quantitative estimate of drug-likeness (QED) is 0.739. The maximum absolute atomic E-state index is 13.4. The van der Waals surface area contributed by atoms with Crippen LogP contribution in [0, 0.1) is 5.92 Å². The van der Waals surface area contributed by atoms with Crippen LogP contribution in [0.15, 0.2) is 48.5 Å². The summed E-state index contributed by atoms with van der Waals surface area (Å²) in [7, 11) is 6.01. The maximum Gasteiger partial charge on any atom is 0.258 e. The largest absolute Gasteiger partial charge is 0.486 e. The molecule has 1 amide bonds. The van der Waals surface area contributed by atoms with Crippen LogP contribution in [0.1, 0.15) is 29.8 Å². The van der Waals surface area contributed by atoms with Gasteiger partial charge < -0.3 is 19.6 Å². The van der Waals surface area contributed by atoms with Crippen molar-refractivity contribution in [3.8, 4) is 5.75 Å². The highest BCUT2D eigenvalue weighted by molar-refractivity contribution is 5.99. The fraction of sp³-hybridized carbons (Fsp3) is 0.480. The molecule has 6 heteroatoms. The average molecular weight is 426 g/mol. The van der Waals surface area contributed by atoms with Gasteiger partial charge in [0.2, 0.25) is 0 Å². The summed E-state index contributed by atoms with van der Waals surface area (Å²) in [5, 5.41) is 9.78. The fourth-order valence-corrected chi connectivity index (χ4v) is 4.06. The molecule has 0 saturated heterocycles. The minimum atomic E-state index is -0.258. The molecule has 3 atom stereocenters. The maximum atomic E-state index is 13.4. The van der Waals surface area contributed by atoms with Crippen molar-refractivity contribution < 1.29 is 14.6 Å². The van der Waals surface area contributed by atoms with Gasteiger partial charge in [-0.15, -0.1) is 0 Å². The molecule has 0 fully saturated rings. The molecule has 1 aliphatic rings. The molecule has 6 nitrogen and oxygen atoms in total. The zero-order chi connectivity index (χ0) is 22.5. The van der Waals surface area contributed by atoms with E-state index in [2.05, 4.69) is 43.1 Å². The fourth-order valence-electron chi connectivity index (χ4n) is 4.06. The van der Waals surface area contributed by atoms with Crippen LogP contribution in [-0.4, -0.2) is 73.8 Å². The third-order valence-corrected chi connectivity index (χ3v) is 5.94. The molecule has 2 aromatic carbocycles. The monoisotopic (exact) mass is 425 g/mol. The Balaban J connectivity index is 1.94. The number of anilines is 1. The number of carbonyl (C=O) groups excluding carboxylic acids is 1. The molecule has 0 spiro atoms. The minimum Gasteiger partial charge on any atom is -0.486 e. The molecule has 1 aliphatic heterocycles. The van der Waals surface area contributed by atoms with Crippen molar-refractivity contribution in [2.24, 2.45) is 5.92 Å². The van der Waals surface area contributed by atoms with E-state index in [-0.39, 0.29) is 30.6 Å². The Morgan fingerprint density at radius 1 is 1.13 bits per heavy atom. The molecular weight excluding hydrogens is 390 g/mol. The summed E-state index contributed by atoms with van der Waals surface area (Å²) in [5.41, 5.74) is 2.69.